The van der Waals surface area contributed by atoms with Crippen LogP contribution in [-0.4, -0.2) is 34.5 Å². The number of carbonyl (C=O) groups excluding carboxylic acids is 1. The van der Waals surface area contributed by atoms with Crippen LogP contribution in [0.25, 0.3) is 22.8 Å². The second kappa shape index (κ2) is 11.8. The van der Waals surface area contributed by atoms with Crippen LogP contribution in [-0.2, 0) is 6.42 Å². The lowest BCUT2D eigenvalue weighted by Crippen LogP contribution is -2.30. The number of fused-ring (bicyclic) bond motifs is 1. The summed E-state index contributed by atoms with van der Waals surface area (Å²) in [6.07, 6.45) is 2.82. The SMILES string of the molecule is C=Cc1c(C)c(C(=O)Cc2ccc(Oc3ccnc4cc(OC)c(OC)nc34)c(F)c2)c(=O)n(-c2ccc(F)cc2)c1C. The molecule has 8 nitrogen and oxygen atoms in total. The van der Waals surface area contributed by atoms with E-state index < -0.39 is 23.0 Å². The molecule has 3 aromatic heterocycles. The predicted octanol–water partition coefficient (Wildman–Crippen LogP) is 6.55. The lowest BCUT2D eigenvalue weighted by atomic mass is 9.95. The smallest absolute Gasteiger partial charge is 0.266 e. The molecule has 5 aromatic rings. The lowest BCUT2D eigenvalue weighted by molar-refractivity contribution is 0.0990. The fourth-order valence-electron chi connectivity index (χ4n) is 5.00. The molecule has 2 aromatic carbocycles. The molecule has 0 spiro atoms. The third-order valence-corrected chi connectivity index (χ3v) is 7.09. The van der Waals surface area contributed by atoms with Crippen molar-refractivity contribution in [2.24, 2.45) is 0 Å². The summed E-state index contributed by atoms with van der Waals surface area (Å²) in [7, 11) is 2.93. The van der Waals surface area contributed by atoms with Crippen molar-refractivity contribution in [2.75, 3.05) is 14.2 Å². The van der Waals surface area contributed by atoms with Crippen LogP contribution in [0.2, 0.25) is 0 Å². The Hall–Kier alpha value is -5.38. The molecule has 218 valence electrons. The van der Waals surface area contributed by atoms with Gasteiger partial charge in [0.1, 0.15) is 11.3 Å². The van der Waals surface area contributed by atoms with Gasteiger partial charge < -0.3 is 14.2 Å². The van der Waals surface area contributed by atoms with Gasteiger partial charge in [-0.2, -0.15) is 0 Å². The van der Waals surface area contributed by atoms with Crippen molar-refractivity contribution in [3.05, 3.63) is 117 Å². The average Bonchev–Trinajstić information content (AvgIpc) is 2.99. The van der Waals surface area contributed by atoms with Gasteiger partial charge in [-0.05, 0) is 66.9 Å². The molecular formula is C33H27F2N3O5. The van der Waals surface area contributed by atoms with Crippen LogP contribution < -0.4 is 19.8 Å². The highest BCUT2D eigenvalue weighted by molar-refractivity contribution is 5.99. The molecule has 0 unspecified atom stereocenters. The molecule has 10 heteroatoms. The largest absolute Gasteiger partial charge is 0.491 e. The van der Waals surface area contributed by atoms with Crippen LogP contribution in [0.3, 0.4) is 0 Å². The molecule has 0 atom stereocenters. The van der Waals surface area contributed by atoms with Gasteiger partial charge in [0, 0.05) is 36.1 Å². The Bertz CT molecular complexity index is 1950. The highest BCUT2D eigenvalue weighted by Crippen LogP contribution is 2.35. The van der Waals surface area contributed by atoms with Crippen LogP contribution in [0.5, 0.6) is 23.1 Å². The van der Waals surface area contributed by atoms with E-state index in [1.165, 1.54) is 61.4 Å². The summed E-state index contributed by atoms with van der Waals surface area (Å²) in [4.78, 5) is 35.8. The average molecular weight is 584 g/mol. The second-order valence-corrected chi connectivity index (χ2v) is 9.66. The van der Waals surface area contributed by atoms with Gasteiger partial charge in [0.2, 0.25) is 0 Å². The van der Waals surface area contributed by atoms with E-state index in [-0.39, 0.29) is 29.4 Å². The first-order valence-electron chi connectivity index (χ1n) is 13.2. The summed E-state index contributed by atoms with van der Waals surface area (Å²) in [6.45, 7) is 7.23. The molecule has 0 saturated heterocycles. The standard InChI is InChI=1S/C33H27F2N3O5/c1-6-23-18(2)30(33(40)38(19(23)3)22-10-8-21(34)9-11-22)26(39)16-20-7-12-27(24(35)15-20)43-28-13-14-36-25-17-29(41-4)32(42-5)37-31(25)28/h6-15,17H,1,16H2,2-5H3. The van der Waals surface area contributed by atoms with E-state index in [0.717, 1.165) is 0 Å². The van der Waals surface area contributed by atoms with E-state index >= 15 is 4.39 Å². The number of aromatic nitrogens is 3. The van der Waals surface area contributed by atoms with Gasteiger partial charge in [-0.3, -0.25) is 19.1 Å². The first-order chi connectivity index (χ1) is 20.7. The molecule has 0 N–H and O–H groups in total. The fraction of sp³-hybridized carbons (Fsp3) is 0.152. The van der Waals surface area contributed by atoms with Gasteiger partial charge in [-0.15, -0.1) is 0 Å². The van der Waals surface area contributed by atoms with Gasteiger partial charge in [-0.1, -0.05) is 18.7 Å². The van der Waals surface area contributed by atoms with Gasteiger partial charge in [0.25, 0.3) is 11.4 Å². The molecule has 0 amide bonds. The number of benzene rings is 2. The summed E-state index contributed by atoms with van der Waals surface area (Å²) in [5, 5.41) is 0. The van der Waals surface area contributed by atoms with Crippen LogP contribution in [0, 0.1) is 25.5 Å². The van der Waals surface area contributed by atoms with Crippen LogP contribution in [0.15, 0.2) is 72.2 Å². The van der Waals surface area contributed by atoms with E-state index in [9.17, 15) is 14.0 Å². The van der Waals surface area contributed by atoms with E-state index in [1.807, 2.05) is 0 Å². The van der Waals surface area contributed by atoms with Crippen molar-refractivity contribution in [3.63, 3.8) is 0 Å². The maximum absolute atomic E-state index is 15.3. The molecule has 5 rings (SSSR count). The highest BCUT2D eigenvalue weighted by atomic mass is 19.1. The zero-order valence-electron chi connectivity index (χ0n) is 23.9. The molecule has 0 aliphatic heterocycles. The number of ether oxygens (including phenoxy) is 3. The van der Waals surface area contributed by atoms with Gasteiger partial charge >= 0.3 is 0 Å². The second-order valence-electron chi connectivity index (χ2n) is 9.66. The first-order valence-corrected chi connectivity index (χ1v) is 13.2. The summed E-state index contributed by atoms with van der Waals surface area (Å²) in [5.74, 6) is -0.932. The lowest BCUT2D eigenvalue weighted by Gasteiger charge is -2.18. The number of hydrogen-bond acceptors (Lipinski definition) is 7. The number of nitrogens with zero attached hydrogens (tertiary/aromatic N) is 3. The third-order valence-electron chi connectivity index (χ3n) is 7.09. The Morgan fingerprint density at radius 2 is 1.72 bits per heavy atom. The van der Waals surface area contributed by atoms with Gasteiger partial charge in [0.05, 0.1) is 25.3 Å². The van der Waals surface area contributed by atoms with Crippen molar-refractivity contribution in [1.29, 1.82) is 0 Å². The first kappa shape index (κ1) is 29.1. The summed E-state index contributed by atoms with van der Waals surface area (Å²) < 4.78 is 46.6. The van der Waals surface area contributed by atoms with Gasteiger partial charge in [-0.25, -0.2) is 13.8 Å². The summed E-state index contributed by atoms with van der Waals surface area (Å²) >= 11 is 0. The van der Waals surface area contributed by atoms with Crippen molar-refractivity contribution in [2.45, 2.75) is 20.3 Å². The van der Waals surface area contributed by atoms with E-state index in [2.05, 4.69) is 16.5 Å². The molecule has 0 bridgehead atoms. The number of halogens is 2. The Morgan fingerprint density at radius 3 is 2.37 bits per heavy atom. The molecular weight excluding hydrogens is 556 g/mol. The summed E-state index contributed by atoms with van der Waals surface area (Å²) in [6, 6.07) is 12.7. The molecule has 0 aliphatic carbocycles. The van der Waals surface area contributed by atoms with E-state index in [4.69, 9.17) is 14.2 Å². The quantitative estimate of drug-likeness (QED) is 0.182. The topological polar surface area (TPSA) is 92.5 Å². The molecule has 0 radical (unpaired) electrons. The summed E-state index contributed by atoms with van der Waals surface area (Å²) in [5.41, 5.74) is 2.56. The number of ketones is 1. The maximum atomic E-state index is 15.3. The van der Waals surface area contributed by atoms with Crippen LogP contribution >= 0.6 is 0 Å². The number of methoxy groups -OCH3 is 2. The molecule has 0 fully saturated rings. The van der Waals surface area contributed by atoms with E-state index in [0.29, 0.717) is 44.9 Å². The van der Waals surface area contributed by atoms with Crippen LogP contribution in [0.4, 0.5) is 8.78 Å². The Labute approximate surface area is 245 Å². The number of hydrogen-bond donors (Lipinski definition) is 0. The number of pyridine rings is 3. The number of rotatable bonds is 9. The zero-order chi connectivity index (χ0) is 30.8. The predicted molar refractivity (Wildman–Crippen MR) is 159 cm³/mol. The Balaban J connectivity index is 1.46. The normalized spacial score (nSPS) is 10.9. The maximum Gasteiger partial charge on any atom is 0.266 e. The number of Topliss-reactive ketones (excluding diaryl/α,β-unsaturated/α-hetero) is 1. The van der Waals surface area contributed by atoms with Crippen LogP contribution in [0.1, 0.15) is 32.7 Å². The monoisotopic (exact) mass is 583 g/mol. The minimum absolute atomic E-state index is 0.0516. The molecule has 0 aliphatic rings. The Morgan fingerprint density at radius 1 is 0.977 bits per heavy atom. The van der Waals surface area contributed by atoms with Gasteiger partial charge in [0.15, 0.2) is 28.8 Å². The minimum Gasteiger partial charge on any atom is -0.491 e. The minimum atomic E-state index is -0.716. The van der Waals surface area contributed by atoms with Crippen molar-refractivity contribution >= 4 is 22.9 Å². The fourth-order valence-corrected chi connectivity index (χ4v) is 5.00. The van der Waals surface area contributed by atoms with Crippen molar-refractivity contribution in [3.8, 4) is 28.8 Å². The van der Waals surface area contributed by atoms with Crippen molar-refractivity contribution in [1.82, 2.24) is 14.5 Å². The molecule has 3 heterocycles. The third kappa shape index (κ3) is 5.46. The van der Waals surface area contributed by atoms with E-state index in [1.54, 1.807) is 38.1 Å². The molecule has 43 heavy (non-hydrogen) atoms. The number of carbonyl (C=O) groups is 1. The highest BCUT2D eigenvalue weighted by Gasteiger charge is 2.23. The van der Waals surface area contributed by atoms with Crippen molar-refractivity contribution < 1.29 is 27.8 Å². The Kier molecular flexibility index (Phi) is 8.03. The molecule has 0 saturated carbocycles. The zero-order valence-corrected chi connectivity index (χ0v) is 23.9.